The summed E-state index contributed by atoms with van der Waals surface area (Å²) in [6.45, 7) is 2.95. The smallest absolute Gasteiger partial charge is 0.253 e. The number of carbonyl (C=O) groups excluding carboxylic acids is 2. The molecule has 0 unspecified atom stereocenters. The van der Waals surface area contributed by atoms with Gasteiger partial charge in [0.05, 0.1) is 46.4 Å². The Labute approximate surface area is 217 Å². The number of thioether (sulfide) groups is 1. The van der Waals surface area contributed by atoms with Crippen molar-refractivity contribution in [3.05, 3.63) is 47.1 Å². The van der Waals surface area contributed by atoms with Crippen molar-refractivity contribution in [1.82, 2.24) is 20.2 Å². The number of piperidine rings is 1. The SMILES string of the molecule is COc1ccc2ncc(OCCN3CCC(NC(=O)c4cc5c(cc4Cl)SCC(=O)N5)CC3)nc2c1. The van der Waals surface area contributed by atoms with Crippen LogP contribution >= 0.6 is 23.4 Å². The third kappa shape index (κ3) is 5.66. The van der Waals surface area contributed by atoms with E-state index in [9.17, 15) is 9.59 Å². The summed E-state index contributed by atoms with van der Waals surface area (Å²) in [5.74, 6) is 1.26. The maximum absolute atomic E-state index is 12.9. The van der Waals surface area contributed by atoms with Crippen molar-refractivity contribution in [3.63, 3.8) is 0 Å². The van der Waals surface area contributed by atoms with Crippen molar-refractivity contribution in [2.45, 2.75) is 23.8 Å². The summed E-state index contributed by atoms with van der Waals surface area (Å²) in [5.41, 5.74) is 2.52. The highest BCUT2D eigenvalue weighted by Crippen LogP contribution is 2.35. The van der Waals surface area contributed by atoms with E-state index < -0.39 is 0 Å². The molecule has 3 aromatic rings. The van der Waals surface area contributed by atoms with E-state index in [-0.39, 0.29) is 17.9 Å². The number of nitrogens with zero attached hydrogens (tertiary/aromatic N) is 3. The van der Waals surface area contributed by atoms with Crippen LogP contribution in [0.1, 0.15) is 23.2 Å². The van der Waals surface area contributed by atoms with Crippen molar-refractivity contribution in [2.75, 3.05) is 44.4 Å². The molecule has 0 aliphatic carbocycles. The first-order valence-electron chi connectivity index (χ1n) is 11.7. The number of methoxy groups -OCH3 is 1. The van der Waals surface area contributed by atoms with E-state index in [1.165, 1.54) is 11.8 Å². The Bertz CT molecular complexity index is 1300. The van der Waals surface area contributed by atoms with Gasteiger partial charge in [-0.25, -0.2) is 9.97 Å². The molecule has 2 amide bonds. The van der Waals surface area contributed by atoms with Crippen molar-refractivity contribution in [2.24, 2.45) is 0 Å². The van der Waals surface area contributed by atoms with Gasteiger partial charge in [0.25, 0.3) is 5.91 Å². The van der Waals surface area contributed by atoms with Crippen molar-refractivity contribution in [3.8, 4) is 11.6 Å². The lowest BCUT2D eigenvalue weighted by molar-refractivity contribution is -0.113. The lowest BCUT2D eigenvalue weighted by Crippen LogP contribution is -2.45. The third-order valence-electron chi connectivity index (χ3n) is 6.25. The molecule has 3 heterocycles. The lowest BCUT2D eigenvalue weighted by Gasteiger charge is -2.32. The highest BCUT2D eigenvalue weighted by atomic mass is 35.5. The maximum Gasteiger partial charge on any atom is 0.253 e. The van der Waals surface area contributed by atoms with Gasteiger partial charge in [-0.2, -0.15) is 0 Å². The maximum atomic E-state index is 12.9. The zero-order valence-electron chi connectivity index (χ0n) is 19.8. The average molecular weight is 528 g/mol. The van der Waals surface area contributed by atoms with Crippen LogP contribution in [0.15, 0.2) is 41.4 Å². The number of ether oxygens (including phenoxy) is 2. The standard InChI is InChI=1S/C25H26ClN5O4S/c1-34-16-2-3-19-20(10-16)30-24(13-27-19)35-9-8-31-6-4-15(5-7-31)28-25(33)17-11-21-22(12-18(17)26)36-14-23(32)29-21/h2-3,10-13,15H,4-9,14H2,1H3,(H,28,33)(H,29,32). The summed E-state index contributed by atoms with van der Waals surface area (Å²) >= 11 is 7.78. The summed E-state index contributed by atoms with van der Waals surface area (Å²) in [6, 6.07) is 9.02. The summed E-state index contributed by atoms with van der Waals surface area (Å²) in [6.07, 6.45) is 3.29. The van der Waals surface area contributed by atoms with Crippen LogP contribution in [0.4, 0.5) is 5.69 Å². The molecule has 2 N–H and O–H groups in total. The number of anilines is 1. The van der Waals surface area contributed by atoms with Crippen LogP contribution in [0.2, 0.25) is 5.02 Å². The molecule has 5 rings (SSSR count). The monoisotopic (exact) mass is 527 g/mol. The molecule has 0 atom stereocenters. The Morgan fingerprint density at radius 2 is 2.08 bits per heavy atom. The molecule has 1 saturated heterocycles. The summed E-state index contributed by atoms with van der Waals surface area (Å²) in [4.78, 5) is 36.6. The molecule has 36 heavy (non-hydrogen) atoms. The zero-order valence-corrected chi connectivity index (χ0v) is 21.3. The van der Waals surface area contributed by atoms with Gasteiger partial charge in [0, 0.05) is 36.6 Å². The molecule has 0 spiro atoms. The van der Waals surface area contributed by atoms with Gasteiger partial charge in [-0.05, 0) is 37.1 Å². The number of benzene rings is 2. The number of amides is 2. The highest BCUT2D eigenvalue weighted by molar-refractivity contribution is 8.00. The highest BCUT2D eigenvalue weighted by Gasteiger charge is 2.24. The van der Waals surface area contributed by atoms with E-state index in [0.29, 0.717) is 34.5 Å². The summed E-state index contributed by atoms with van der Waals surface area (Å²) in [5, 5.41) is 6.29. The first-order valence-corrected chi connectivity index (χ1v) is 13.1. The molecule has 2 aliphatic heterocycles. The van der Waals surface area contributed by atoms with Crippen molar-refractivity contribution < 1.29 is 19.1 Å². The molecule has 2 aliphatic rings. The lowest BCUT2D eigenvalue weighted by atomic mass is 10.0. The van der Waals surface area contributed by atoms with Crippen molar-refractivity contribution in [1.29, 1.82) is 0 Å². The first-order chi connectivity index (χ1) is 17.5. The Balaban J connectivity index is 1.09. The summed E-state index contributed by atoms with van der Waals surface area (Å²) in [7, 11) is 1.62. The molecule has 0 bridgehead atoms. The second-order valence-corrected chi connectivity index (χ2v) is 10.1. The number of likely N-dealkylation sites (tertiary alicyclic amines) is 1. The molecule has 11 heteroatoms. The van der Waals surface area contributed by atoms with E-state index >= 15 is 0 Å². The molecule has 9 nitrogen and oxygen atoms in total. The van der Waals surface area contributed by atoms with Gasteiger partial charge >= 0.3 is 0 Å². The fraction of sp³-hybridized carbons (Fsp3) is 0.360. The fourth-order valence-electron chi connectivity index (χ4n) is 4.29. The van der Waals surface area contributed by atoms with E-state index in [1.807, 2.05) is 18.2 Å². The molecule has 2 aromatic carbocycles. The van der Waals surface area contributed by atoms with Crippen LogP contribution in [-0.4, -0.2) is 71.8 Å². The van der Waals surface area contributed by atoms with Gasteiger partial charge < -0.3 is 20.1 Å². The molecule has 0 radical (unpaired) electrons. The van der Waals surface area contributed by atoms with Gasteiger partial charge in [0.15, 0.2) is 0 Å². The minimum absolute atomic E-state index is 0.0621. The van der Waals surface area contributed by atoms with Gasteiger partial charge in [0.2, 0.25) is 11.8 Å². The van der Waals surface area contributed by atoms with E-state index in [2.05, 4.69) is 25.5 Å². The van der Waals surface area contributed by atoms with Crippen LogP contribution < -0.4 is 20.1 Å². The van der Waals surface area contributed by atoms with E-state index in [0.717, 1.165) is 54.2 Å². The van der Waals surface area contributed by atoms with Crippen LogP contribution in [-0.2, 0) is 4.79 Å². The van der Waals surface area contributed by atoms with Gasteiger partial charge in [-0.15, -0.1) is 11.8 Å². The molecule has 188 valence electrons. The predicted molar refractivity (Wildman–Crippen MR) is 139 cm³/mol. The number of halogens is 1. The van der Waals surface area contributed by atoms with E-state index in [4.69, 9.17) is 21.1 Å². The van der Waals surface area contributed by atoms with Gasteiger partial charge in [0.1, 0.15) is 12.4 Å². The Hall–Kier alpha value is -3.08. The van der Waals surface area contributed by atoms with Crippen LogP contribution in [0.25, 0.3) is 11.0 Å². The largest absolute Gasteiger partial charge is 0.497 e. The molecular formula is C25H26ClN5O4S. The topological polar surface area (TPSA) is 106 Å². The van der Waals surface area contributed by atoms with Crippen LogP contribution in [0.3, 0.4) is 0 Å². The quantitative estimate of drug-likeness (QED) is 0.480. The first kappa shape index (κ1) is 24.6. The number of nitrogens with one attached hydrogen (secondary N) is 2. The number of carbonyl (C=O) groups is 2. The number of fused-ring (bicyclic) bond motifs is 2. The minimum Gasteiger partial charge on any atom is -0.497 e. The summed E-state index contributed by atoms with van der Waals surface area (Å²) < 4.78 is 11.1. The third-order valence-corrected chi connectivity index (χ3v) is 7.62. The minimum atomic E-state index is -0.221. The van der Waals surface area contributed by atoms with Gasteiger partial charge in [-0.1, -0.05) is 11.6 Å². The molecular weight excluding hydrogens is 502 g/mol. The van der Waals surface area contributed by atoms with E-state index in [1.54, 1.807) is 25.4 Å². The second-order valence-electron chi connectivity index (χ2n) is 8.67. The predicted octanol–water partition coefficient (Wildman–Crippen LogP) is 3.61. The number of aromatic nitrogens is 2. The Morgan fingerprint density at radius 3 is 2.89 bits per heavy atom. The van der Waals surface area contributed by atoms with Crippen molar-refractivity contribution >= 4 is 51.9 Å². The number of rotatable bonds is 7. The average Bonchev–Trinajstić information content (AvgIpc) is 2.89. The molecule has 0 saturated carbocycles. The zero-order chi connectivity index (χ0) is 25.1. The number of hydrogen-bond donors (Lipinski definition) is 2. The Morgan fingerprint density at radius 1 is 1.25 bits per heavy atom. The normalized spacial score (nSPS) is 16.3. The second kappa shape index (κ2) is 10.9. The molecule has 1 fully saturated rings. The molecule has 1 aromatic heterocycles. The Kier molecular flexibility index (Phi) is 7.45. The van der Waals surface area contributed by atoms with Gasteiger partial charge in [-0.3, -0.25) is 14.5 Å². The van der Waals surface area contributed by atoms with Crippen LogP contribution in [0, 0.1) is 0 Å². The number of hydrogen-bond acceptors (Lipinski definition) is 8. The van der Waals surface area contributed by atoms with Crippen LogP contribution in [0.5, 0.6) is 11.6 Å². The fourth-order valence-corrected chi connectivity index (χ4v) is 5.43.